The number of ether oxygens (including phenoxy) is 2. The molecule has 0 radical (unpaired) electrons. The molecule has 5 nitrogen and oxygen atoms in total. The summed E-state index contributed by atoms with van der Waals surface area (Å²) in [5.74, 6) is -0.176. The molecule has 1 unspecified atom stereocenters. The summed E-state index contributed by atoms with van der Waals surface area (Å²) in [6.45, 7) is 10.8. The van der Waals surface area contributed by atoms with Gasteiger partial charge in [-0.25, -0.2) is 0 Å². The van der Waals surface area contributed by atoms with Crippen LogP contribution in [0.25, 0.3) is 0 Å². The molecule has 0 saturated carbocycles. The molecule has 1 heterocycles. The van der Waals surface area contributed by atoms with Crippen molar-refractivity contribution in [2.24, 2.45) is 0 Å². The van der Waals surface area contributed by atoms with Gasteiger partial charge in [0.1, 0.15) is 5.54 Å². The minimum absolute atomic E-state index is 0.176. The third-order valence-electron chi connectivity index (χ3n) is 3.71. The largest absolute Gasteiger partial charge is 0.468 e. The second-order valence-electron chi connectivity index (χ2n) is 6.03. The molecule has 1 atom stereocenters. The van der Waals surface area contributed by atoms with Gasteiger partial charge in [-0.05, 0) is 46.6 Å². The van der Waals surface area contributed by atoms with E-state index < -0.39 is 5.54 Å². The number of nitrogens with zero attached hydrogens (tertiary/aromatic N) is 1. The van der Waals surface area contributed by atoms with E-state index in [-0.39, 0.29) is 12.0 Å². The van der Waals surface area contributed by atoms with Crippen LogP contribution in [0.1, 0.15) is 40.0 Å². The number of esters is 1. The van der Waals surface area contributed by atoms with Crippen molar-refractivity contribution in [3.8, 4) is 0 Å². The Morgan fingerprint density at radius 2 is 2.15 bits per heavy atom. The van der Waals surface area contributed by atoms with Gasteiger partial charge in [0.05, 0.1) is 13.7 Å². The van der Waals surface area contributed by atoms with E-state index in [9.17, 15) is 4.79 Å². The molecule has 0 aromatic rings. The van der Waals surface area contributed by atoms with Crippen LogP contribution >= 0.6 is 0 Å². The van der Waals surface area contributed by atoms with Gasteiger partial charge in [-0.2, -0.15) is 0 Å². The number of hydrogen-bond acceptors (Lipinski definition) is 5. The van der Waals surface area contributed by atoms with E-state index in [0.29, 0.717) is 0 Å². The molecule has 0 spiro atoms. The Bertz CT molecular complexity index is 289. The maximum atomic E-state index is 12.0. The minimum Gasteiger partial charge on any atom is -0.468 e. The molecular formula is C15H30N2O3. The van der Waals surface area contributed by atoms with Crippen LogP contribution in [0.5, 0.6) is 0 Å². The zero-order chi connectivity index (χ0) is 15.0. The highest BCUT2D eigenvalue weighted by molar-refractivity contribution is 5.80. The summed E-state index contributed by atoms with van der Waals surface area (Å²) in [6.07, 6.45) is 2.86. The zero-order valence-electron chi connectivity index (χ0n) is 13.4. The van der Waals surface area contributed by atoms with Crippen molar-refractivity contribution in [2.45, 2.75) is 51.6 Å². The molecule has 0 amide bonds. The first kappa shape index (κ1) is 17.4. The van der Waals surface area contributed by atoms with Gasteiger partial charge in [0.2, 0.25) is 0 Å². The maximum absolute atomic E-state index is 12.0. The van der Waals surface area contributed by atoms with E-state index in [0.717, 1.165) is 52.1 Å². The fraction of sp³-hybridized carbons (Fsp3) is 0.933. The van der Waals surface area contributed by atoms with E-state index in [2.05, 4.69) is 10.2 Å². The molecule has 1 aliphatic rings. The number of rotatable bonds is 7. The summed E-state index contributed by atoms with van der Waals surface area (Å²) < 4.78 is 10.4. The van der Waals surface area contributed by atoms with Crippen molar-refractivity contribution >= 4 is 5.97 Å². The van der Waals surface area contributed by atoms with E-state index in [1.54, 1.807) is 0 Å². The average molecular weight is 286 g/mol. The van der Waals surface area contributed by atoms with Gasteiger partial charge < -0.3 is 14.4 Å². The number of hydrogen-bond donors (Lipinski definition) is 1. The van der Waals surface area contributed by atoms with E-state index in [1.807, 2.05) is 20.8 Å². The van der Waals surface area contributed by atoms with Crippen LogP contribution in [-0.4, -0.2) is 62.4 Å². The number of methoxy groups -OCH3 is 1. The Hall–Kier alpha value is -0.650. The third-order valence-corrected chi connectivity index (χ3v) is 3.71. The molecular weight excluding hydrogens is 256 g/mol. The summed E-state index contributed by atoms with van der Waals surface area (Å²) in [7, 11) is 1.45. The van der Waals surface area contributed by atoms with Gasteiger partial charge in [0.25, 0.3) is 0 Å². The Labute approximate surface area is 123 Å². The lowest BCUT2D eigenvalue weighted by atomic mass is 9.94. The summed E-state index contributed by atoms with van der Waals surface area (Å²) in [5, 5.41) is 3.34. The highest BCUT2D eigenvalue weighted by atomic mass is 16.5. The van der Waals surface area contributed by atoms with Crippen molar-refractivity contribution < 1.29 is 14.3 Å². The molecule has 1 N–H and O–H groups in total. The maximum Gasteiger partial charge on any atom is 0.325 e. The van der Waals surface area contributed by atoms with Crippen molar-refractivity contribution in [1.82, 2.24) is 10.2 Å². The summed E-state index contributed by atoms with van der Waals surface area (Å²) >= 11 is 0. The molecule has 0 aliphatic carbocycles. The molecule has 118 valence electrons. The quantitative estimate of drug-likeness (QED) is 0.717. The average Bonchev–Trinajstić information content (AvgIpc) is 2.65. The van der Waals surface area contributed by atoms with Crippen molar-refractivity contribution in [2.75, 3.05) is 40.0 Å². The minimum atomic E-state index is -0.592. The number of carbonyl (C=O) groups excluding carboxylic acids is 1. The van der Waals surface area contributed by atoms with Gasteiger partial charge >= 0.3 is 5.97 Å². The fourth-order valence-corrected chi connectivity index (χ4v) is 2.77. The Balaban J connectivity index is 2.43. The zero-order valence-corrected chi connectivity index (χ0v) is 13.4. The first-order valence-electron chi connectivity index (χ1n) is 7.64. The van der Waals surface area contributed by atoms with Gasteiger partial charge in [-0.15, -0.1) is 0 Å². The van der Waals surface area contributed by atoms with Gasteiger partial charge in [0.15, 0.2) is 0 Å². The molecule has 5 heteroatoms. The van der Waals surface area contributed by atoms with Crippen LogP contribution < -0.4 is 5.32 Å². The topological polar surface area (TPSA) is 50.8 Å². The standard InChI is InChI=1S/C15H30N2O3/c1-13(2)16-15(3,14(18)19-4)7-5-8-17-9-6-11-20-12-10-17/h13,16H,5-12H2,1-4H3. The fourth-order valence-electron chi connectivity index (χ4n) is 2.77. The SMILES string of the molecule is COC(=O)C(C)(CCCN1CCCOCC1)NC(C)C. The highest BCUT2D eigenvalue weighted by Crippen LogP contribution is 2.16. The lowest BCUT2D eigenvalue weighted by Gasteiger charge is -2.31. The molecule has 20 heavy (non-hydrogen) atoms. The summed E-state index contributed by atoms with van der Waals surface area (Å²) in [6, 6.07) is 0.255. The monoisotopic (exact) mass is 286 g/mol. The van der Waals surface area contributed by atoms with Crippen LogP contribution in [0.15, 0.2) is 0 Å². The van der Waals surface area contributed by atoms with Gasteiger partial charge in [0, 0.05) is 25.7 Å². The van der Waals surface area contributed by atoms with E-state index in [4.69, 9.17) is 9.47 Å². The first-order valence-corrected chi connectivity index (χ1v) is 7.64. The summed E-state index contributed by atoms with van der Waals surface area (Å²) in [5.41, 5.74) is -0.592. The van der Waals surface area contributed by atoms with Crippen LogP contribution in [0, 0.1) is 0 Å². The Morgan fingerprint density at radius 1 is 1.40 bits per heavy atom. The predicted octanol–water partition coefficient (Wildman–Crippen LogP) is 1.42. The molecule has 1 rings (SSSR count). The first-order chi connectivity index (χ1) is 9.48. The van der Waals surface area contributed by atoms with Crippen molar-refractivity contribution in [1.29, 1.82) is 0 Å². The molecule has 1 aliphatic heterocycles. The Morgan fingerprint density at radius 3 is 2.80 bits per heavy atom. The Kier molecular flexibility index (Phi) is 7.48. The third kappa shape index (κ3) is 5.77. The molecule has 0 aromatic heterocycles. The smallest absolute Gasteiger partial charge is 0.325 e. The molecule has 1 saturated heterocycles. The van der Waals surface area contributed by atoms with Gasteiger partial charge in [-0.3, -0.25) is 10.1 Å². The van der Waals surface area contributed by atoms with E-state index in [1.165, 1.54) is 7.11 Å². The number of carbonyl (C=O) groups is 1. The molecule has 0 bridgehead atoms. The lowest BCUT2D eigenvalue weighted by Crippen LogP contribution is -2.53. The van der Waals surface area contributed by atoms with Crippen LogP contribution in [-0.2, 0) is 14.3 Å². The van der Waals surface area contributed by atoms with E-state index >= 15 is 0 Å². The highest BCUT2D eigenvalue weighted by Gasteiger charge is 2.34. The second kappa shape index (κ2) is 8.60. The van der Waals surface area contributed by atoms with Crippen molar-refractivity contribution in [3.63, 3.8) is 0 Å². The second-order valence-corrected chi connectivity index (χ2v) is 6.03. The van der Waals surface area contributed by atoms with Crippen molar-refractivity contribution in [3.05, 3.63) is 0 Å². The normalized spacial score (nSPS) is 20.4. The lowest BCUT2D eigenvalue weighted by molar-refractivity contribution is -0.148. The summed E-state index contributed by atoms with van der Waals surface area (Å²) in [4.78, 5) is 14.4. The van der Waals surface area contributed by atoms with Gasteiger partial charge in [-0.1, -0.05) is 0 Å². The number of nitrogens with one attached hydrogen (secondary N) is 1. The van der Waals surface area contributed by atoms with Crippen LogP contribution in [0.3, 0.4) is 0 Å². The van der Waals surface area contributed by atoms with Crippen LogP contribution in [0.4, 0.5) is 0 Å². The molecule has 0 aromatic carbocycles. The molecule has 1 fully saturated rings. The van der Waals surface area contributed by atoms with Crippen LogP contribution in [0.2, 0.25) is 0 Å². The predicted molar refractivity (Wildman–Crippen MR) is 79.8 cm³/mol.